The van der Waals surface area contributed by atoms with Crippen LogP contribution in [-0.2, 0) is 26.4 Å². The van der Waals surface area contributed by atoms with Crippen molar-refractivity contribution < 1.29 is 9.15 Å². The van der Waals surface area contributed by atoms with E-state index in [-0.39, 0.29) is 24.0 Å². The molecule has 0 aliphatic rings. The fourth-order valence-electron chi connectivity index (χ4n) is 2.56. The topological polar surface area (TPSA) is 76.6 Å². The number of hydrogen-bond donors (Lipinski definition) is 2. The van der Waals surface area contributed by atoms with Gasteiger partial charge in [0.15, 0.2) is 5.96 Å². The van der Waals surface area contributed by atoms with E-state index in [1.54, 1.807) is 18.1 Å². The fourth-order valence-corrected chi connectivity index (χ4v) is 2.56. The largest absolute Gasteiger partial charge is 0.481 e. The van der Waals surface area contributed by atoms with Crippen LogP contribution in [0.15, 0.2) is 27.8 Å². The van der Waals surface area contributed by atoms with Crippen molar-refractivity contribution >= 4 is 29.9 Å². The van der Waals surface area contributed by atoms with Crippen molar-refractivity contribution in [3.8, 4) is 5.88 Å². The van der Waals surface area contributed by atoms with Gasteiger partial charge in [0.25, 0.3) is 0 Å². The van der Waals surface area contributed by atoms with Crippen LogP contribution >= 0.6 is 24.0 Å². The number of rotatable bonds is 8. The molecule has 7 nitrogen and oxygen atoms in total. The lowest BCUT2D eigenvalue weighted by molar-refractivity contribution is 0.369. The highest BCUT2D eigenvalue weighted by atomic mass is 127. The Morgan fingerprint density at radius 1 is 1.36 bits per heavy atom. The predicted octanol–water partition coefficient (Wildman–Crippen LogP) is 2.50. The van der Waals surface area contributed by atoms with Crippen molar-refractivity contribution in [3.05, 3.63) is 35.4 Å². The molecule has 0 spiro atoms. The smallest absolute Gasteiger partial charge is 0.216 e. The van der Waals surface area contributed by atoms with E-state index in [1.807, 2.05) is 26.1 Å². The number of aryl methyl sites for hydroxylation is 2. The number of guanidine groups is 1. The Kier molecular flexibility index (Phi) is 9.40. The van der Waals surface area contributed by atoms with Crippen LogP contribution in [0.1, 0.15) is 30.9 Å². The Bertz CT molecular complexity index is 652. The third-order valence-electron chi connectivity index (χ3n) is 3.68. The molecule has 0 unspecified atom stereocenters. The van der Waals surface area contributed by atoms with Crippen molar-refractivity contribution in [1.82, 2.24) is 20.4 Å². The number of nitrogens with zero attached hydrogens (tertiary/aromatic N) is 3. The van der Waals surface area contributed by atoms with Crippen molar-refractivity contribution in [1.29, 1.82) is 0 Å². The summed E-state index contributed by atoms with van der Waals surface area (Å²) in [5.74, 6) is 2.50. The highest BCUT2D eigenvalue weighted by Crippen LogP contribution is 2.22. The Hall–Kier alpha value is -1.71. The summed E-state index contributed by atoms with van der Waals surface area (Å²) in [7, 11) is 3.55. The van der Waals surface area contributed by atoms with E-state index in [9.17, 15) is 0 Å². The van der Waals surface area contributed by atoms with Crippen molar-refractivity contribution in [2.75, 3.05) is 20.2 Å². The molecule has 0 fully saturated rings. The minimum absolute atomic E-state index is 0. The molecule has 0 saturated carbocycles. The zero-order chi connectivity index (χ0) is 17.4. The van der Waals surface area contributed by atoms with Gasteiger partial charge >= 0.3 is 0 Å². The van der Waals surface area contributed by atoms with Gasteiger partial charge in [0, 0.05) is 26.6 Å². The second-order valence-electron chi connectivity index (χ2n) is 5.36. The number of furan rings is 1. The van der Waals surface area contributed by atoms with Gasteiger partial charge in [-0.05, 0) is 25.5 Å². The summed E-state index contributed by atoms with van der Waals surface area (Å²) in [4.78, 5) is 4.66. The van der Waals surface area contributed by atoms with Crippen molar-refractivity contribution in [2.24, 2.45) is 12.0 Å². The summed E-state index contributed by atoms with van der Waals surface area (Å²) in [5.41, 5.74) is 2.05. The molecule has 0 saturated heterocycles. The average molecular weight is 461 g/mol. The van der Waals surface area contributed by atoms with Crippen LogP contribution in [-0.4, -0.2) is 35.9 Å². The van der Waals surface area contributed by atoms with Crippen LogP contribution in [0.5, 0.6) is 5.88 Å². The van der Waals surface area contributed by atoms with Gasteiger partial charge < -0.3 is 19.8 Å². The maximum atomic E-state index is 5.46. The Morgan fingerprint density at radius 3 is 2.76 bits per heavy atom. The molecule has 0 radical (unpaired) electrons. The van der Waals surface area contributed by atoms with Gasteiger partial charge in [-0.15, -0.1) is 24.0 Å². The molecule has 8 heteroatoms. The Balaban J connectivity index is 0.00000312. The first kappa shape index (κ1) is 21.3. The molecule has 2 aromatic heterocycles. The highest BCUT2D eigenvalue weighted by molar-refractivity contribution is 14.0. The first-order valence-corrected chi connectivity index (χ1v) is 8.32. The summed E-state index contributed by atoms with van der Waals surface area (Å²) >= 11 is 0. The van der Waals surface area contributed by atoms with Gasteiger partial charge in [0.1, 0.15) is 5.76 Å². The van der Waals surface area contributed by atoms with Crippen LogP contribution in [0.3, 0.4) is 0 Å². The number of halogens is 1. The minimum Gasteiger partial charge on any atom is -0.481 e. The minimum atomic E-state index is 0. The first-order chi connectivity index (χ1) is 11.7. The molecule has 140 valence electrons. The summed E-state index contributed by atoms with van der Waals surface area (Å²) in [5, 5.41) is 11.1. The number of aliphatic imine (C=N–C) groups is 1. The third-order valence-corrected chi connectivity index (χ3v) is 3.68. The monoisotopic (exact) mass is 461 g/mol. The predicted molar refractivity (Wildman–Crippen MR) is 110 cm³/mol. The van der Waals surface area contributed by atoms with Crippen LogP contribution in [0.2, 0.25) is 0 Å². The van der Waals surface area contributed by atoms with Crippen LogP contribution < -0.4 is 15.4 Å². The zero-order valence-corrected chi connectivity index (χ0v) is 17.7. The van der Waals surface area contributed by atoms with E-state index in [2.05, 4.69) is 27.6 Å². The van der Waals surface area contributed by atoms with Crippen molar-refractivity contribution in [2.45, 2.75) is 33.2 Å². The van der Waals surface area contributed by atoms with Gasteiger partial charge in [-0.25, -0.2) is 9.67 Å². The molecule has 0 bridgehead atoms. The average Bonchev–Trinajstić information content (AvgIpc) is 3.19. The molecule has 2 N–H and O–H groups in total. The molecule has 25 heavy (non-hydrogen) atoms. The van der Waals surface area contributed by atoms with E-state index >= 15 is 0 Å². The zero-order valence-electron chi connectivity index (χ0n) is 15.3. The van der Waals surface area contributed by atoms with E-state index in [0.717, 1.165) is 54.8 Å². The summed E-state index contributed by atoms with van der Waals surface area (Å²) in [6.45, 7) is 6.21. The molecule has 0 aliphatic carbocycles. The molecule has 2 aromatic rings. The van der Waals surface area contributed by atoms with Crippen molar-refractivity contribution in [3.63, 3.8) is 0 Å². The second-order valence-corrected chi connectivity index (χ2v) is 5.36. The SMILES string of the molecule is CCNC(=NCc1c(CC)nn(C)c1OC)NCCc1ccco1.I. The lowest BCUT2D eigenvalue weighted by Gasteiger charge is -2.11. The van der Waals surface area contributed by atoms with Gasteiger partial charge in [-0.1, -0.05) is 6.92 Å². The number of hydrogen-bond acceptors (Lipinski definition) is 4. The number of ether oxygens (including phenoxy) is 1. The van der Waals surface area contributed by atoms with Gasteiger partial charge in [0.2, 0.25) is 5.88 Å². The maximum Gasteiger partial charge on any atom is 0.216 e. The summed E-state index contributed by atoms with van der Waals surface area (Å²) in [6, 6.07) is 3.87. The normalized spacial score (nSPS) is 11.1. The number of nitrogens with one attached hydrogen (secondary N) is 2. The third kappa shape index (κ3) is 5.94. The van der Waals surface area contributed by atoms with Gasteiger partial charge in [0.05, 0.1) is 31.2 Å². The molecular weight excluding hydrogens is 433 g/mol. The Labute approximate surface area is 166 Å². The van der Waals surface area contributed by atoms with E-state index in [0.29, 0.717) is 6.54 Å². The van der Waals surface area contributed by atoms with E-state index in [1.165, 1.54) is 0 Å². The molecule has 0 atom stereocenters. The molecule has 2 heterocycles. The van der Waals surface area contributed by atoms with E-state index < -0.39 is 0 Å². The van der Waals surface area contributed by atoms with Gasteiger partial charge in [-0.3, -0.25) is 0 Å². The molecule has 2 rings (SSSR count). The maximum absolute atomic E-state index is 5.46. The molecular formula is C17H28IN5O2. The first-order valence-electron chi connectivity index (χ1n) is 8.32. The quantitative estimate of drug-likeness (QED) is 0.359. The number of aromatic nitrogens is 2. The molecule has 0 amide bonds. The summed E-state index contributed by atoms with van der Waals surface area (Å²) < 4.78 is 12.6. The van der Waals surface area contributed by atoms with Gasteiger partial charge in [-0.2, -0.15) is 5.10 Å². The molecule has 0 aromatic carbocycles. The Morgan fingerprint density at radius 2 is 2.16 bits per heavy atom. The van der Waals surface area contributed by atoms with Crippen LogP contribution in [0.25, 0.3) is 0 Å². The number of methoxy groups -OCH3 is 1. The van der Waals surface area contributed by atoms with Crippen LogP contribution in [0.4, 0.5) is 0 Å². The van der Waals surface area contributed by atoms with E-state index in [4.69, 9.17) is 9.15 Å². The second kappa shape index (κ2) is 11.0. The summed E-state index contributed by atoms with van der Waals surface area (Å²) in [6.07, 6.45) is 3.36. The fraction of sp³-hybridized carbons (Fsp3) is 0.529. The standard InChI is InChI=1S/C17H27N5O2.HI/c1-5-15-14(16(23-4)22(3)21-15)12-20-17(18-6-2)19-10-9-13-8-7-11-24-13;/h7-8,11H,5-6,9-10,12H2,1-4H3,(H2,18,19,20);1H. The lowest BCUT2D eigenvalue weighted by Crippen LogP contribution is -2.38. The highest BCUT2D eigenvalue weighted by Gasteiger charge is 2.15. The van der Waals surface area contributed by atoms with Crippen LogP contribution in [0, 0.1) is 0 Å². The lowest BCUT2D eigenvalue weighted by atomic mass is 10.2. The molecule has 0 aliphatic heterocycles.